The highest BCUT2D eigenvalue weighted by molar-refractivity contribution is 9.10. The van der Waals surface area contributed by atoms with E-state index >= 15 is 0 Å². The summed E-state index contributed by atoms with van der Waals surface area (Å²) in [4.78, 5) is 4.57. The number of aliphatic hydroxyl groups is 1. The van der Waals surface area contributed by atoms with E-state index in [1.807, 2.05) is 12.1 Å². The lowest BCUT2D eigenvalue weighted by molar-refractivity contribution is 0.275. The Morgan fingerprint density at radius 1 is 1.39 bits per heavy atom. The van der Waals surface area contributed by atoms with Crippen molar-refractivity contribution >= 4 is 32.4 Å². The maximum atomic E-state index is 9.00. The molecule has 0 bridgehead atoms. The second-order valence-electron chi connectivity index (χ2n) is 4.47. The molecule has 2 aromatic rings. The topological polar surface area (TPSA) is 45.1 Å². The van der Waals surface area contributed by atoms with E-state index in [4.69, 9.17) is 5.11 Å². The van der Waals surface area contributed by atoms with E-state index < -0.39 is 0 Å². The van der Waals surface area contributed by atoms with Gasteiger partial charge in [-0.2, -0.15) is 0 Å². The van der Waals surface area contributed by atoms with Gasteiger partial charge in [-0.25, -0.2) is 4.98 Å². The average Bonchev–Trinajstić information content (AvgIpc) is 2.96. The fourth-order valence-electron chi connectivity index (χ4n) is 1.88. The van der Waals surface area contributed by atoms with E-state index in [1.54, 1.807) is 11.3 Å². The van der Waals surface area contributed by atoms with Crippen LogP contribution in [-0.4, -0.2) is 22.7 Å². The summed E-state index contributed by atoms with van der Waals surface area (Å²) < 4.78 is 1.07. The van der Waals surface area contributed by atoms with Crippen molar-refractivity contribution in [3.8, 4) is 11.3 Å². The molecular weight excluding hydrogens is 312 g/mol. The smallest absolute Gasteiger partial charge is 0.183 e. The summed E-state index contributed by atoms with van der Waals surface area (Å²) in [5, 5.41) is 15.4. The van der Waals surface area contributed by atoms with Gasteiger partial charge in [0.15, 0.2) is 5.13 Å². The number of hydrogen-bond acceptors (Lipinski definition) is 4. The molecule has 2 atom stereocenters. The maximum absolute atomic E-state index is 9.00. The molecule has 0 saturated heterocycles. The third-order valence-corrected chi connectivity index (χ3v) is 4.41. The number of hydrogen-bond donors (Lipinski definition) is 2. The summed E-state index contributed by atoms with van der Waals surface area (Å²) in [7, 11) is 0. The van der Waals surface area contributed by atoms with Gasteiger partial charge in [-0.15, -0.1) is 11.3 Å². The van der Waals surface area contributed by atoms with Gasteiger partial charge >= 0.3 is 0 Å². The third-order valence-electron chi connectivity index (χ3n) is 3.11. The zero-order valence-corrected chi connectivity index (χ0v) is 12.0. The molecule has 1 aromatic carbocycles. The molecule has 0 spiro atoms. The van der Waals surface area contributed by atoms with Gasteiger partial charge < -0.3 is 10.4 Å². The first kappa shape index (κ1) is 12.1. The van der Waals surface area contributed by atoms with Crippen molar-refractivity contribution in [2.24, 2.45) is 5.92 Å². The molecule has 5 heteroatoms. The van der Waals surface area contributed by atoms with Crippen LogP contribution in [0.3, 0.4) is 0 Å². The average molecular weight is 325 g/mol. The van der Waals surface area contributed by atoms with Crippen molar-refractivity contribution in [3.63, 3.8) is 0 Å². The number of nitrogens with zero attached hydrogens (tertiary/aromatic N) is 1. The van der Waals surface area contributed by atoms with Crippen LogP contribution in [0.5, 0.6) is 0 Å². The van der Waals surface area contributed by atoms with Crippen LogP contribution >= 0.6 is 27.3 Å². The molecule has 1 aliphatic rings. The number of nitrogens with one attached hydrogen (secondary N) is 1. The monoisotopic (exact) mass is 324 g/mol. The van der Waals surface area contributed by atoms with E-state index in [9.17, 15) is 0 Å². The minimum absolute atomic E-state index is 0.266. The second kappa shape index (κ2) is 4.99. The second-order valence-corrected chi connectivity index (χ2v) is 6.25. The Bertz CT molecular complexity index is 540. The zero-order chi connectivity index (χ0) is 12.5. The Kier molecular flexibility index (Phi) is 3.37. The number of rotatable bonds is 4. The number of anilines is 1. The first-order chi connectivity index (χ1) is 8.76. The van der Waals surface area contributed by atoms with Gasteiger partial charge in [-0.05, 0) is 18.6 Å². The normalized spacial score (nSPS) is 21.9. The van der Waals surface area contributed by atoms with E-state index in [2.05, 4.69) is 43.7 Å². The molecule has 2 N–H and O–H groups in total. The first-order valence-corrected chi connectivity index (χ1v) is 7.52. The fourth-order valence-corrected chi connectivity index (χ4v) is 2.92. The Balaban J connectivity index is 1.71. The Morgan fingerprint density at radius 3 is 2.83 bits per heavy atom. The highest BCUT2D eigenvalue weighted by Gasteiger charge is 2.36. The molecule has 1 aliphatic carbocycles. The molecule has 3 rings (SSSR count). The maximum Gasteiger partial charge on any atom is 0.183 e. The molecule has 1 saturated carbocycles. The highest BCUT2D eigenvalue weighted by Crippen LogP contribution is 2.35. The van der Waals surface area contributed by atoms with E-state index in [0.29, 0.717) is 12.0 Å². The van der Waals surface area contributed by atoms with Crippen molar-refractivity contribution in [3.05, 3.63) is 34.1 Å². The molecule has 1 heterocycles. The summed E-state index contributed by atoms with van der Waals surface area (Å²) >= 11 is 5.04. The molecule has 0 aliphatic heterocycles. The molecule has 18 heavy (non-hydrogen) atoms. The number of aromatic nitrogens is 1. The number of aliphatic hydroxyl groups excluding tert-OH is 1. The molecule has 0 amide bonds. The summed E-state index contributed by atoms with van der Waals surface area (Å²) in [6.07, 6.45) is 1.05. The van der Waals surface area contributed by atoms with Gasteiger partial charge in [0.25, 0.3) is 0 Å². The molecule has 1 fully saturated rings. The summed E-state index contributed by atoms with van der Waals surface area (Å²) in [5.74, 6) is 0.407. The van der Waals surface area contributed by atoms with Gasteiger partial charge in [0.1, 0.15) is 0 Å². The van der Waals surface area contributed by atoms with Crippen LogP contribution in [0, 0.1) is 5.92 Å². The first-order valence-electron chi connectivity index (χ1n) is 5.85. The number of thiazole rings is 1. The molecule has 0 radical (unpaired) electrons. The SMILES string of the molecule is OCC1CC1Nc1nc(-c2ccc(Br)cc2)cs1. The van der Waals surface area contributed by atoms with Crippen LogP contribution in [0.15, 0.2) is 34.1 Å². The van der Waals surface area contributed by atoms with Crippen LogP contribution < -0.4 is 5.32 Å². The fraction of sp³-hybridized carbons (Fsp3) is 0.308. The third kappa shape index (κ3) is 2.58. The van der Waals surface area contributed by atoms with Crippen LogP contribution in [0.1, 0.15) is 6.42 Å². The minimum Gasteiger partial charge on any atom is -0.396 e. The number of halogens is 1. The highest BCUT2D eigenvalue weighted by atomic mass is 79.9. The van der Waals surface area contributed by atoms with Gasteiger partial charge in [0.2, 0.25) is 0 Å². The lowest BCUT2D eigenvalue weighted by atomic mass is 10.2. The van der Waals surface area contributed by atoms with Crippen LogP contribution in [0.2, 0.25) is 0 Å². The summed E-state index contributed by atoms with van der Waals surface area (Å²) in [5.41, 5.74) is 2.12. The van der Waals surface area contributed by atoms with Gasteiger partial charge in [0, 0.05) is 34.0 Å². The van der Waals surface area contributed by atoms with E-state index in [1.165, 1.54) is 0 Å². The van der Waals surface area contributed by atoms with Crippen LogP contribution in [0.4, 0.5) is 5.13 Å². The van der Waals surface area contributed by atoms with Crippen LogP contribution in [0.25, 0.3) is 11.3 Å². The number of benzene rings is 1. The van der Waals surface area contributed by atoms with E-state index in [-0.39, 0.29) is 6.61 Å². The molecule has 94 valence electrons. The Hall–Kier alpha value is -0.910. The lowest BCUT2D eigenvalue weighted by Crippen LogP contribution is -2.05. The van der Waals surface area contributed by atoms with Crippen molar-refractivity contribution in [2.75, 3.05) is 11.9 Å². The lowest BCUT2D eigenvalue weighted by Gasteiger charge is -1.99. The van der Waals surface area contributed by atoms with Crippen molar-refractivity contribution in [2.45, 2.75) is 12.5 Å². The standard InChI is InChI=1S/C13H13BrN2OS/c14-10-3-1-8(2-4-10)12-7-18-13(16-12)15-11-5-9(11)6-17/h1-4,7,9,11,17H,5-6H2,(H,15,16). The summed E-state index contributed by atoms with van der Waals surface area (Å²) in [6, 6.07) is 8.54. The Morgan fingerprint density at radius 2 is 2.17 bits per heavy atom. The van der Waals surface area contributed by atoms with Crippen molar-refractivity contribution in [1.82, 2.24) is 4.98 Å². The van der Waals surface area contributed by atoms with Gasteiger partial charge in [-0.3, -0.25) is 0 Å². The Labute approximate surface area is 118 Å². The zero-order valence-electron chi connectivity index (χ0n) is 9.64. The summed E-state index contributed by atoms with van der Waals surface area (Å²) in [6.45, 7) is 0.266. The quantitative estimate of drug-likeness (QED) is 0.906. The molecule has 1 aromatic heterocycles. The van der Waals surface area contributed by atoms with Crippen molar-refractivity contribution < 1.29 is 5.11 Å². The van der Waals surface area contributed by atoms with Crippen molar-refractivity contribution in [1.29, 1.82) is 0 Å². The van der Waals surface area contributed by atoms with Gasteiger partial charge in [0.05, 0.1) is 5.69 Å². The minimum atomic E-state index is 0.266. The predicted octanol–water partition coefficient (Wildman–Crippen LogP) is 3.37. The molecule has 2 unspecified atom stereocenters. The van der Waals surface area contributed by atoms with Gasteiger partial charge in [-0.1, -0.05) is 28.1 Å². The molecular formula is C13H13BrN2OS. The van der Waals surface area contributed by atoms with E-state index in [0.717, 1.165) is 27.3 Å². The van der Waals surface area contributed by atoms with Crippen LogP contribution in [-0.2, 0) is 0 Å². The molecule has 3 nitrogen and oxygen atoms in total. The predicted molar refractivity (Wildman–Crippen MR) is 77.9 cm³/mol. The largest absolute Gasteiger partial charge is 0.396 e.